The fraction of sp³-hybridized carbons (Fsp3) is 0.0435. The Labute approximate surface area is 216 Å². The van der Waals surface area contributed by atoms with E-state index >= 15 is 0 Å². The van der Waals surface area contributed by atoms with Crippen LogP contribution in [0.15, 0.2) is 60.7 Å². The van der Waals surface area contributed by atoms with Crippen molar-refractivity contribution in [2.24, 2.45) is 0 Å². The number of hydrazine groups is 1. The van der Waals surface area contributed by atoms with Crippen LogP contribution in [0.3, 0.4) is 0 Å². The molecule has 3 aromatic carbocycles. The highest BCUT2D eigenvalue weighted by atomic mass is 35.5. The molecule has 37 heavy (non-hydrogen) atoms. The highest BCUT2D eigenvalue weighted by Crippen LogP contribution is 2.33. The van der Waals surface area contributed by atoms with Gasteiger partial charge in [-0.25, -0.2) is 5.01 Å². The third-order valence-electron chi connectivity index (χ3n) is 5.38. The number of imide groups is 1. The molecule has 1 aliphatic heterocycles. The third kappa shape index (κ3) is 4.62. The lowest BCUT2D eigenvalue weighted by Gasteiger charge is -2.29. The van der Waals surface area contributed by atoms with Crippen LogP contribution in [-0.2, 0) is 0 Å². The molecule has 3 amide bonds. The maximum absolute atomic E-state index is 13.5. The second-order valence-corrected chi connectivity index (χ2v) is 8.42. The SMILES string of the molecule is O=C(CN(C(=O)c1ccc(Cl)c(Cl)c1)N1C(=O)c2cccc([N+](=O)[O-])c2C1=O)c1cccc([N+](=O)[O-])c1. The van der Waals surface area contributed by atoms with Crippen molar-refractivity contribution in [3.63, 3.8) is 0 Å². The Balaban J connectivity index is 1.80. The second-order valence-electron chi connectivity index (χ2n) is 7.60. The first-order valence-electron chi connectivity index (χ1n) is 10.2. The fourth-order valence-electron chi connectivity index (χ4n) is 3.66. The molecule has 0 saturated carbocycles. The molecule has 0 aliphatic carbocycles. The van der Waals surface area contributed by atoms with Gasteiger partial charge in [-0.05, 0) is 24.3 Å². The average Bonchev–Trinajstić information content (AvgIpc) is 3.13. The number of carbonyl (C=O) groups excluding carboxylic acids is 4. The summed E-state index contributed by atoms with van der Waals surface area (Å²) in [4.78, 5) is 74.0. The minimum atomic E-state index is -1.20. The second kappa shape index (κ2) is 9.76. The van der Waals surface area contributed by atoms with E-state index in [-0.39, 0.29) is 26.7 Å². The van der Waals surface area contributed by atoms with Crippen LogP contribution in [0.1, 0.15) is 41.4 Å². The van der Waals surface area contributed by atoms with Crippen molar-refractivity contribution in [2.45, 2.75) is 0 Å². The zero-order valence-corrected chi connectivity index (χ0v) is 19.8. The number of Topliss-reactive ketones (excluding diaryl/α,β-unsaturated/α-hetero) is 1. The largest absolute Gasteiger partial charge is 0.292 e. The van der Waals surface area contributed by atoms with Crippen LogP contribution in [0.2, 0.25) is 10.0 Å². The molecule has 186 valence electrons. The number of amides is 3. The van der Waals surface area contributed by atoms with E-state index in [0.717, 1.165) is 24.3 Å². The zero-order chi connectivity index (χ0) is 27.0. The highest BCUT2D eigenvalue weighted by Gasteiger charge is 2.46. The van der Waals surface area contributed by atoms with Gasteiger partial charge in [-0.3, -0.25) is 39.4 Å². The molecule has 0 atom stereocenters. The van der Waals surface area contributed by atoms with Crippen molar-refractivity contribution in [2.75, 3.05) is 6.54 Å². The molecule has 0 unspecified atom stereocenters. The molecular weight excluding hydrogens is 531 g/mol. The Morgan fingerprint density at radius 3 is 2.19 bits per heavy atom. The van der Waals surface area contributed by atoms with Gasteiger partial charge in [-0.1, -0.05) is 41.4 Å². The normalized spacial score (nSPS) is 12.3. The van der Waals surface area contributed by atoms with Crippen molar-refractivity contribution in [3.8, 4) is 0 Å². The molecule has 0 fully saturated rings. The van der Waals surface area contributed by atoms with E-state index < -0.39 is 56.8 Å². The quantitative estimate of drug-likeness (QED) is 0.184. The summed E-state index contributed by atoms with van der Waals surface area (Å²) >= 11 is 11.9. The Morgan fingerprint density at radius 2 is 1.54 bits per heavy atom. The van der Waals surface area contributed by atoms with Crippen LogP contribution in [0.4, 0.5) is 11.4 Å². The van der Waals surface area contributed by atoms with Crippen LogP contribution in [0.25, 0.3) is 0 Å². The van der Waals surface area contributed by atoms with Crippen LogP contribution < -0.4 is 0 Å². The van der Waals surface area contributed by atoms with Gasteiger partial charge >= 0.3 is 0 Å². The lowest BCUT2D eigenvalue weighted by Crippen LogP contribution is -2.51. The number of benzene rings is 3. The molecule has 14 heteroatoms. The molecular formula is C23H12Cl2N4O8. The number of non-ortho nitro benzene ring substituents is 1. The number of nitro benzene ring substituents is 2. The number of ketones is 1. The lowest BCUT2D eigenvalue weighted by atomic mass is 10.1. The van der Waals surface area contributed by atoms with Gasteiger partial charge in [0.25, 0.3) is 29.1 Å². The lowest BCUT2D eigenvalue weighted by molar-refractivity contribution is -0.385. The number of hydrogen-bond donors (Lipinski definition) is 0. The predicted octanol–water partition coefficient (Wildman–Crippen LogP) is 4.35. The summed E-state index contributed by atoms with van der Waals surface area (Å²) in [5.41, 5.74) is -2.29. The summed E-state index contributed by atoms with van der Waals surface area (Å²) in [6, 6.07) is 11.7. The van der Waals surface area contributed by atoms with Gasteiger partial charge < -0.3 is 0 Å². The number of fused-ring (bicyclic) bond motifs is 1. The van der Waals surface area contributed by atoms with Crippen LogP contribution in [0.5, 0.6) is 0 Å². The van der Waals surface area contributed by atoms with Gasteiger partial charge in [0.2, 0.25) is 0 Å². The maximum atomic E-state index is 13.5. The summed E-state index contributed by atoms with van der Waals surface area (Å²) in [7, 11) is 0. The first-order valence-corrected chi connectivity index (χ1v) is 11.0. The number of hydrogen-bond acceptors (Lipinski definition) is 8. The topological polar surface area (TPSA) is 161 Å². The summed E-state index contributed by atoms with van der Waals surface area (Å²) in [6.07, 6.45) is 0. The number of halogens is 2. The Kier molecular flexibility index (Phi) is 6.70. The first kappa shape index (κ1) is 25.4. The molecule has 0 bridgehead atoms. The van der Waals surface area contributed by atoms with E-state index in [1.807, 2.05) is 0 Å². The Morgan fingerprint density at radius 1 is 0.838 bits per heavy atom. The molecule has 3 aromatic rings. The predicted molar refractivity (Wildman–Crippen MR) is 129 cm³/mol. The molecule has 0 saturated heterocycles. The Bertz CT molecular complexity index is 1540. The third-order valence-corrected chi connectivity index (χ3v) is 6.12. The van der Waals surface area contributed by atoms with Gasteiger partial charge in [0.05, 0.1) is 25.5 Å². The van der Waals surface area contributed by atoms with Crippen molar-refractivity contribution in [1.29, 1.82) is 0 Å². The fourth-order valence-corrected chi connectivity index (χ4v) is 3.96. The number of nitro groups is 2. The maximum Gasteiger partial charge on any atom is 0.287 e. The Hall–Kier alpha value is -4.68. The minimum absolute atomic E-state index is 0.0320. The summed E-state index contributed by atoms with van der Waals surface area (Å²) < 4.78 is 0. The molecule has 0 radical (unpaired) electrons. The van der Waals surface area contributed by atoms with Gasteiger partial charge in [-0.15, -0.1) is 0 Å². The van der Waals surface area contributed by atoms with Gasteiger partial charge in [0.15, 0.2) is 5.78 Å². The molecule has 0 N–H and O–H groups in total. The van der Waals surface area contributed by atoms with Gasteiger partial charge in [0, 0.05) is 29.3 Å². The smallest absolute Gasteiger partial charge is 0.287 e. The molecule has 1 heterocycles. The first-order chi connectivity index (χ1) is 17.5. The number of nitrogens with zero attached hydrogens (tertiary/aromatic N) is 4. The van der Waals surface area contributed by atoms with Crippen molar-refractivity contribution >= 4 is 58.1 Å². The van der Waals surface area contributed by atoms with E-state index in [4.69, 9.17) is 23.2 Å². The zero-order valence-electron chi connectivity index (χ0n) is 18.3. The molecule has 0 aromatic heterocycles. The van der Waals surface area contributed by atoms with Crippen molar-refractivity contribution in [3.05, 3.63) is 113 Å². The molecule has 12 nitrogen and oxygen atoms in total. The number of carbonyl (C=O) groups is 4. The van der Waals surface area contributed by atoms with Crippen LogP contribution in [-0.4, -0.2) is 49.9 Å². The van der Waals surface area contributed by atoms with Gasteiger partial charge in [-0.2, -0.15) is 5.01 Å². The highest BCUT2D eigenvalue weighted by molar-refractivity contribution is 6.42. The average molecular weight is 543 g/mol. The molecule has 0 spiro atoms. The van der Waals surface area contributed by atoms with E-state index in [2.05, 4.69) is 0 Å². The van der Waals surface area contributed by atoms with Crippen molar-refractivity contribution in [1.82, 2.24) is 10.0 Å². The molecule has 1 aliphatic rings. The van der Waals surface area contributed by atoms with Crippen LogP contribution in [0, 0.1) is 20.2 Å². The van der Waals surface area contributed by atoms with Gasteiger partial charge in [0.1, 0.15) is 12.1 Å². The van der Waals surface area contributed by atoms with Crippen LogP contribution >= 0.6 is 23.2 Å². The van der Waals surface area contributed by atoms with Crippen molar-refractivity contribution < 1.29 is 29.0 Å². The molecule has 4 rings (SSSR count). The standard InChI is InChI=1S/C23H12Cl2N4O8/c24-16-8-7-13(10-17(16)25)21(31)26(11-19(30)12-3-1-4-14(9-12)28(34)35)27-22(32)15-5-2-6-18(29(36)37)20(15)23(27)33/h1-10H,11H2. The van der Waals surface area contributed by atoms with E-state index in [9.17, 15) is 39.4 Å². The van der Waals surface area contributed by atoms with E-state index in [1.165, 1.54) is 36.4 Å². The summed E-state index contributed by atoms with van der Waals surface area (Å²) in [5, 5.41) is 23.5. The monoisotopic (exact) mass is 542 g/mol. The van der Waals surface area contributed by atoms with E-state index in [1.54, 1.807) is 0 Å². The summed E-state index contributed by atoms with van der Waals surface area (Å²) in [6.45, 7) is -0.917. The summed E-state index contributed by atoms with van der Waals surface area (Å²) in [5.74, 6) is -4.17. The minimum Gasteiger partial charge on any atom is -0.292 e. The number of rotatable bonds is 7. The van der Waals surface area contributed by atoms with E-state index in [0.29, 0.717) is 10.0 Å².